The Kier molecular flexibility index (Phi) is 5.07. The quantitative estimate of drug-likeness (QED) is 0.908. The molecule has 1 aromatic rings. The first-order valence-corrected chi connectivity index (χ1v) is 7.50. The average Bonchev–Trinajstić information content (AvgIpc) is 2.81. The Morgan fingerprint density at radius 3 is 2.62 bits per heavy atom. The number of anilines is 1. The van der Waals surface area contributed by atoms with Gasteiger partial charge in [-0.1, -0.05) is 18.5 Å². The van der Waals surface area contributed by atoms with E-state index in [4.69, 9.17) is 11.6 Å². The van der Waals surface area contributed by atoms with Crippen LogP contribution in [0, 0.1) is 0 Å². The number of hydrogen-bond acceptors (Lipinski definition) is 2. The van der Waals surface area contributed by atoms with E-state index in [1.807, 2.05) is 26.0 Å². The van der Waals surface area contributed by atoms with Gasteiger partial charge in [0.25, 0.3) is 0 Å². The van der Waals surface area contributed by atoms with Crippen LogP contribution in [0.3, 0.4) is 0 Å². The predicted octanol–water partition coefficient (Wildman–Crippen LogP) is 2.50. The Labute approximate surface area is 129 Å². The lowest BCUT2D eigenvalue weighted by Crippen LogP contribution is -2.42. The Balaban J connectivity index is 1.95. The summed E-state index contributed by atoms with van der Waals surface area (Å²) in [7, 11) is 0. The van der Waals surface area contributed by atoms with Gasteiger partial charge in [0, 0.05) is 29.8 Å². The monoisotopic (exact) mass is 309 g/mol. The highest BCUT2D eigenvalue weighted by Gasteiger charge is 2.30. The third-order valence-electron chi connectivity index (χ3n) is 3.59. The Morgan fingerprint density at radius 2 is 2.00 bits per heavy atom. The van der Waals surface area contributed by atoms with E-state index < -0.39 is 0 Å². The van der Waals surface area contributed by atoms with E-state index in [2.05, 4.69) is 5.32 Å². The van der Waals surface area contributed by atoms with Gasteiger partial charge >= 0.3 is 6.03 Å². The first-order valence-electron chi connectivity index (χ1n) is 7.12. The van der Waals surface area contributed by atoms with Crippen LogP contribution in [-0.2, 0) is 4.79 Å². The van der Waals surface area contributed by atoms with E-state index >= 15 is 0 Å². The van der Waals surface area contributed by atoms with E-state index in [-0.39, 0.29) is 24.5 Å². The number of halogens is 1. The third-order valence-corrected chi connectivity index (χ3v) is 3.84. The Bertz CT molecular complexity index is 518. The molecule has 3 amide bonds. The van der Waals surface area contributed by atoms with E-state index in [9.17, 15) is 9.59 Å². The number of nitrogens with one attached hydrogen (secondary N) is 1. The van der Waals surface area contributed by atoms with Crippen molar-refractivity contribution < 1.29 is 9.59 Å². The number of nitrogens with zero attached hydrogens (tertiary/aromatic N) is 2. The topological polar surface area (TPSA) is 52.7 Å². The fourth-order valence-corrected chi connectivity index (χ4v) is 2.31. The molecular weight excluding hydrogens is 290 g/mol. The van der Waals surface area contributed by atoms with Gasteiger partial charge in [-0.2, -0.15) is 0 Å². The van der Waals surface area contributed by atoms with E-state index in [0.717, 1.165) is 12.1 Å². The van der Waals surface area contributed by atoms with Gasteiger partial charge in [-0.15, -0.1) is 0 Å². The summed E-state index contributed by atoms with van der Waals surface area (Å²) < 4.78 is 0. The molecule has 1 heterocycles. The molecule has 5 nitrogen and oxygen atoms in total. The molecule has 1 aromatic carbocycles. The second kappa shape index (κ2) is 6.80. The van der Waals surface area contributed by atoms with Gasteiger partial charge in [0.15, 0.2) is 0 Å². The zero-order valence-corrected chi connectivity index (χ0v) is 13.1. The van der Waals surface area contributed by atoms with Crippen LogP contribution < -0.4 is 10.2 Å². The first kappa shape index (κ1) is 15.6. The van der Waals surface area contributed by atoms with Crippen molar-refractivity contribution in [3.63, 3.8) is 0 Å². The molecule has 0 bridgehead atoms. The van der Waals surface area contributed by atoms with Crippen molar-refractivity contribution in [2.24, 2.45) is 0 Å². The smallest absolute Gasteiger partial charge is 0.325 e. The summed E-state index contributed by atoms with van der Waals surface area (Å²) in [5.41, 5.74) is 0.800. The second-order valence-electron chi connectivity index (χ2n) is 5.21. The normalized spacial score (nSPS) is 16.2. The summed E-state index contributed by atoms with van der Waals surface area (Å²) in [6.45, 7) is 5.19. The SMILES string of the molecule is CCC(C)NC(=O)CN1CCN(c2ccc(Cl)cc2)C1=O. The molecule has 1 aliphatic heterocycles. The number of carbonyl (C=O) groups is 2. The van der Waals surface area contributed by atoms with Gasteiger partial charge in [-0.05, 0) is 37.6 Å². The van der Waals surface area contributed by atoms with Gasteiger partial charge in [-0.25, -0.2) is 4.79 Å². The minimum Gasteiger partial charge on any atom is -0.352 e. The molecule has 1 atom stereocenters. The van der Waals surface area contributed by atoms with E-state index in [1.54, 1.807) is 21.9 Å². The minimum absolute atomic E-state index is 0.104. The van der Waals surface area contributed by atoms with Gasteiger partial charge in [0.1, 0.15) is 6.54 Å². The summed E-state index contributed by atoms with van der Waals surface area (Å²) in [4.78, 5) is 27.4. The molecular formula is C15H20ClN3O2. The minimum atomic E-state index is -0.142. The van der Waals surface area contributed by atoms with Crippen molar-refractivity contribution in [1.82, 2.24) is 10.2 Å². The van der Waals surface area contributed by atoms with Crippen LogP contribution in [0.15, 0.2) is 24.3 Å². The van der Waals surface area contributed by atoms with Crippen molar-refractivity contribution in [2.75, 3.05) is 24.5 Å². The average molecular weight is 310 g/mol. The van der Waals surface area contributed by atoms with Crippen molar-refractivity contribution >= 4 is 29.2 Å². The molecule has 114 valence electrons. The zero-order valence-electron chi connectivity index (χ0n) is 12.3. The van der Waals surface area contributed by atoms with Crippen molar-refractivity contribution in [1.29, 1.82) is 0 Å². The molecule has 1 saturated heterocycles. The van der Waals surface area contributed by atoms with Crippen molar-refractivity contribution in [3.05, 3.63) is 29.3 Å². The molecule has 1 aliphatic rings. The maximum absolute atomic E-state index is 12.3. The molecule has 6 heteroatoms. The zero-order chi connectivity index (χ0) is 15.4. The van der Waals surface area contributed by atoms with Crippen LogP contribution in [0.2, 0.25) is 5.02 Å². The van der Waals surface area contributed by atoms with E-state index in [1.165, 1.54) is 0 Å². The molecule has 1 N–H and O–H groups in total. The lowest BCUT2D eigenvalue weighted by molar-refractivity contribution is -0.122. The molecule has 1 unspecified atom stereocenters. The lowest BCUT2D eigenvalue weighted by atomic mass is 10.2. The first-order chi connectivity index (χ1) is 10.0. The molecule has 0 spiro atoms. The summed E-state index contributed by atoms with van der Waals surface area (Å²) in [6.07, 6.45) is 0.872. The second-order valence-corrected chi connectivity index (χ2v) is 5.65. The lowest BCUT2D eigenvalue weighted by Gasteiger charge is -2.19. The number of carbonyl (C=O) groups excluding carboxylic acids is 2. The number of amides is 3. The Hall–Kier alpha value is -1.75. The van der Waals surface area contributed by atoms with E-state index in [0.29, 0.717) is 18.1 Å². The van der Waals surface area contributed by atoms with Crippen molar-refractivity contribution in [2.45, 2.75) is 26.3 Å². The molecule has 0 aromatic heterocycles. The maximum atomic E-state index is 12.3. The highest BCUT2D eigenvalue weighted by atomic mass is 35.5. The predicted molar refractivity (Wildman–Crippen MR) is 83.7 cm³/mol. The fraction of sp³-hybridized carbons (Fsp3) is 0.467. The molecule has 21 heavy (non-hydrogen) atoms. The standard InChI is InChI=1S/C15H20ClN3O2/c1-3-11(2)17-14(20)10-18-8-9-19(15(18)21)13-6-4-12(16)5-7-13/h4-7,11H,3,8-10H2,1-2H3,(H,17,20). The molecule has 0 saturated carbocycles. The molecule has 0 radical (unpaired) electrons. The Morgan fingerprint density at radius 1 is 1.33 bits per heavy atom. The van der Waals surface area contributed by atoms with Gasteiger partial charge in [-0.3, -0.25) is 9.69 Å². The molecule has 0 aliphatic carbocycles. The van der Waals surface area contributed by atoms with Gasteiger partial charge in [0.2, 0.25) is 5.91 Å². The van der Waals surface area contributed by atoms with Crippen LogP contribution in [0.5, 0.6) is 0 Å². The number of rotatable bonds is 5. The summed E-state index contributed by atoms with van der Waals surface area (Å²) in [5, 5.41) is 3.50. The van der Waals surface area contributed by atoms with Crippen LogP contribution >= 0.6 is 11.6 Å². The highest BCUT2D eigenvalue weighted by molar-refractivity contribution is 6.30. The summed E-state index contributed by atoms with van der Waals surface area (Å²) >= 11 is 5.85. The van der Waals surface area contributed by atoms with Crippen LogP contribution in [0.25, 0.3) is 0 Å². The van der Waals surface area contributed by atoms with Crippen LogP contribution in [0.4, 0.5) is 10.5 Å². The third kappa shape index (κ3) is 3.88. The largest absolute Gasteiger partial charge is 0.352 e. The maximum Gasteiger partial charge on any atom is 0.325 e. The fourth-order valence-electron chi connectivity index (χ4n) is 2.19. The number of benzene rings is 1. The van der Waals surface area contributed by atoms with Crippen molar-refractivity contribution in [3.8, 4) is 0 Å². The van der Waals surface area contributed by atoms with Gasteiger partial charge < -0.3 is 10.2 Å². The van der Waals surface area contributed by atoms with Crippen LogP contribution in [0.1, 0.15) is 20.3 Å². The summed E-state index contributed by atoms with van der Waals surface area (Å²) in [5.74, 6) is -0.115. The summed E-state index contributed by atoms with van der Waals surface area (Å²) in [6, 6.07) is 7.11. The van der Waals surface area contributed by atoms with Gasteiger partial charge in [0.05, 0.1) is 0 Å². The number of urea groups is 1. The highest BCUT2D eigenvalue weighted by Crippen LogP contribution is 2.22. The molecule has 1 fully saturated rings. The molecule has 2 rings (SSSR count). The van der Waals surface area contributed by atoms with Crippen LogP contribution in [-0.4, -0.2) is 42.5 Å². The number of hydrogen-bond donors (Lipinski definition) is 1.